The Hall–Kier alpha value is -3.79. The topological polar surface area (TPSA) is 231 Å². The Bertz CT molecular complexity index is 2100. The fourth-order valence-electron chi connectivity index (χ4n) is 9.07. The molecule has 0 fully saturated rings. The van der Waals surface area contributed by atoms with Crippen LogP contribution in [-0.2, 0) is 55.8 Å². The highest BCUT2D eigenvalue weighted by Crippen LogP contribution is 2.45. The molecule has 0 aliphatic heterocycles. The molecule has 0 rings (SSSR count). The highest BCUT2D eigenvalue weighted by Gasteiger charge is 2.29. The highest BCUT2D eigenvalue weighted by molar-refractivity contribution is 7.47. The zero-order valence-corrected chi connectivity index (χ0v) is 58.5. The summed E-state index contributed by atoms with van der Waals surface area (Å²) in [6, 6.07) is 0. The summed E-state index contributed by atoms with van der Waals surface area (Å²) in [5.41, 5.74) is 0. The van der Waals surface area contributed by atoms with E-state index < -0.39 is 91.5 Å². The number of ether oxygens (including phenoxy) is 3. The van der Waals surface area contributed by atoms with E-state index in [-0.39, 0.29) is 19.3 Å². The van der Waals surface area contributed by atoms with Gasteiger partial charge in [0.1, 0.15) is 25.4 Å². The summed E-state index contributed by atoms with van der Waals surface area (Å²) in [5, 5.41) is 20.6. The Morgan fingerprint density at radius 3 is 0.956 bits per heavy atom. The van der Waals surface area contributed by atoms with Gasteiger partial charge in [-0.1, -0.05) is 239 Å². The zero-order valence-electron chi connectivity index (χ0n) is 56.7. The molecule has 91 heavy (non-hydrogen) atoms. The average Bonchev–Trinajstić information content (AvgIpc) is 3.09. The highest BCUT2D eigenvalue weighted by atomic mass is 31.2. The lowest BCUT2D eigenvalue weighted by Gasteiger charge is -2.21. The van der Waals surface area contributed by atoms with Crippen molar-refractivity contribution in [3.8, 4) is 0 Å². The number of esters is 3. The Balaban J connectivity index is 4.69. The smallest absolute Gasteiger partial charge is 0.463 e. The van der Waals surface area contributed by atoms with Gasteiger partial charge < -0.3 is 34.2 Å². The lowest BCUT2D eigenvalue weighted by molar-refractivity contribution is -0.161. The molecule has 0 saturated heterocycles. The van der Waals surface area contributed by atoms with Gasteiger partial charge in [0.05, 0.1) is 26.4 Å². The van der Waals surface area contributed by atoms with Crippen molar-refractivity contribution in [1.29, 1.82) is 0 Å². The molecular formula is C73H126O16P2. The molecule has 524 valence electrons. The molecule has 16 nitrogen and oxygen atoms in total. The van der Waals surface area contributed by atoms with Gasteiger partial charge in [-0.2, -0.15) is 0 Å². The van der Waals surface area contributed by atoms with E-state index in [2.05, 4.69) is 130 Å². The van der Waals surface area contributed by atoms with Gasteiger partial charge >= 0.3 is 33.6 Å². The molecule has 0 aliphatic carbocycles. The number of phosphoric ester groups is 2. The third-order valence-electron chi connectivity index (χ3n) is 14.5. The fourth-order valence-corrected chi connectivity index (χ4v) is 10.7. The molecule has 0 heterocycles. The summed E-state index contributed by atoms with van der Waals surface area (Å²) in [6.45, 7) is 2.48. The number of carbonyl (C=O) groups excluding carboxylic acids is 3. The van der Waals surface area contributed by atoms with Crippen LogP contribution in [0.4, 0.5) is 0 Å². The van der Waals surface area contributed by atoms with E-state index in [1.165, 1.54) is 57.8 Å². The number of aliphatic hydroxyl groups is 2. The summed E-state index contributed by atoms with van der Waals surface area (Å²) in [6.07, 6.45) is 74.1. The van der Waals surface area contributed by atoms with Crippen molar-refractivity contribution in [2.45, 2.75) is 296 Å². The number of aliphatic hydroxyl groups excluding tert-OH is 2. The van der Waals surface area contributed by atoms with E-state index in [1.54, 1.807) is 0 Å². The predicted octanol–water partition coefficient (Wildman–Crippen LogP) is 19.6. The molecule has 0 bridgehead atoms. The normalized spacial score (nSPS) is 14.8. The molecule has 0 spiro atoms. The maximum absolute atomic E-state index is 12.9. The van der Waals surface area contributed by atoms with Gasteiger partial charge in [0.25, 0.3) is 0 Å². The lowest BCUT2D eigenvalue weighted by atomic mass is 10.1. The van der Waals surface area contributed by atoms with Crippen molar-refractivity contribution in [3.05, 3.63) is 109 Å². The minimum absolute atomic E-state index is 0.0902. The van der Waals surface area contributed by atoms with Crippen LogP contribution in [0.1, 0.15) is 278 Å². The Kier molecular flexibility index (Phi) is 63.5. The number of unbranched alkanes of at least 4 members (excludes halogenated alkanes) is 25. The molecule has 0 aliphatic rings. The molecule has 0 amide bonds. The summed E-state index contributed by atoms with van der Waals surface area (Å²) < 4.78 is 60.9. The van der Waals surface area contributed by atoms with Crippen LogP contribution < -0.4 is 0 Å². The molecule has 5 unspecified atom stereocenters. The maximum Gasteiger partial charge on any atom is 0.472 e. The molecule has 18 heteroatoms. The Morgan fingerprint density at radius 2 is 0.582 bits per heavy atom. The summed E-state index contributed by atoms with van der Waals surface area (Å²) in [7, 11) is -9.79. The molecule has 4 N–H and O–H groups in total. The Labute approximate surface area is 551 Å². The third-order valence-corrected chi connectivity index (χ3v) is 16.4. The second kappa shape index (κ2) is 66.2. The van der Waals surface area contributed by atoms with Crippen molar-refractivity contribution < 1.29 is 75.8 Å². The number of hydrogen-bond acceptors (Lipinski definition) is 14. The van der Waals surface area contributed by atoms with Crippen molar-refractivity contribution in [2.75, 3.05) is 39.6 Å². The van der Waals surface area contributed by atoms with E-state index in [4.69, 9.17) is 32.3 Å². The first-order chi connectivity index (χ1) is 44.2. The summed E-state index contributed by atoms with van der Waals surface area (Å²) in [4.78, 5) is 58.4. The van der Waals surface area contributed by atoms with Gasteiger partial charge in [0.2, 0.25) is 0 Å². The van der Waals surface area contributed by atoms with Crippen molar-refractivity contribution in [3.63, 3.8) is 0 Å². The van der Waals surface area contributed by atoms with Crippen molar-refractivity contribution in [1.82, 2.24) is 0 Å². The molecule has 0 aromatic heterocycles. The molecule has 0 aromatic rings. The van der Waals surface area contributed by atoms with Crippen LogP contribution in [0.5, 0.6) is 0 Å². The van der Waals surface area contributed by atoms with Gasteiger partial charge in [0.15, 0.2) is 6.10 Å². The maximum atomic E-state index is 12.9. The van der Waals surface area contributed by atoms with Gasteiger partial charge in [-0.05, 0) is 128 Å². The van der Waals surface area contributed by atoms with Crippen LogP contribution in [0.25, 0.3) is 0 Å². The van der Waals surface area contributed by atoms with Crippen LogP contribution in [0.15, 0.2) is 109 Å². The minimum Gasteiger partial charge on any atom is -0.463 e. The number of phosphoric acid groups is 2. The second-order valence-corrected chi connectivity index (χ2v) is 26.2. The largest absolute Gasteiger partial charge is 0.472 e. The second-order valence-electron chi connectivity index (χ2n) is 23.3. The summed E-state index contributed by atoms with van der Waals surface area (Å²) >= 11 is 0. The van der Waals surface area contributed by atoms with Crippen LogP contribution >= 0.6 is 15.6 Å². The van der Waals surface area contributed by atoms with Crippen LogP contribution in [0.3, 0.4) is 0 Å². The number of rotatable bonds is 66. The molecule has 0 radical (unpaired) electrons. The number of carbonyl (C=O) groups is 3. The van der Waals surface area contributed by atoms with Gasteiger partial charge in [-0.3, -0.25) is 32.5 Å². The van der Waals surface area contributed by atoms with Gasteiger partial charge in [-0.15, -0.1) is 0 Å². The van der Waals surface area contributed by atoms with Crippen LogP contribution in [-0.4, -0.2) is 95.9 Å². The fraction of sp³-hybridized carbons (Fsp3) is 0.712. The van der Waals surface area contributed by atoms with E-state index in [0.29, 0.717) is 19.3 Å². The van der Waals surface area contributed by atoms with Crippen LogP contribution in [0, 0.1) is 0 Å². The molecule has 0 aromatic carbocycles. The van der Waals surface area contributed by atoms with Crippen LogP contribution in [0.2, 0.25) is 0 Å². The van der Waals surface area contributed by atoms with Gasteiger partial charge in [-0.25, -0.2) is 9.13 Å². The minimum atomic E-state index is -4.93. The monoisotopic (exact) mass is 1320 g/mol. The average molecular weight is 1320 g/mol. The first kappa shape index (κ1) is 87.2. The molecule has 0 saturated carbocycles. The number of allylic oxidation sites excluding steroid dienone is 18. The molecular weight excluding hydrogens is 1190 g/mol. The van der Waals surface area contributed by atoms with E-state index >= 15 is 0 Å². The van der Waals surface area contributed by atoms with Gasteiger partial charge in [0, 0.05) is 19.3 Å². The van der Waals surface area contributed by atoms with Crippen molar-refractivity contribution in [2.24, 2.45) is 0 Å². The first-order valence-electron chi connectivity index (χ1n) is 35.2. The third kappa shape index (κ3) is 67.4. The standard InChI is InChI=1S/C73H126O16P2/c1-4-7-10-13-16-19-22-25-28-30-32-33-35-37-39-41-44-47-50-53-56-59-71(76)83-62-68(74)63-85-90(79,80)86-64-69(75)65-87-91(81,82)88-67-70(89-73(78)61-58-55-52-49-46-43-38-27-24-21-18-15-12-9-6-3)66-84-72(77)60-57-54-51-48-45-42-40-36-34-31-29-26-23-20-17-14-11-8-5-2/h7,10,16-17,19-20,25-29,32-34,36-39,68-70,74-75H,4-6,8-9,11-15,18,21-24,30-31,35,40-67H2,1-3H3,(H,79,80)(H,81,82)/b10-7-,19-16-,20-17-,28-25-,29-26-,33-32-,36-34-,38-27-,39-37-. The van der Waals surface area contributed by atoms with E-state index in [0.717, 1.165) is 161 Å². The van der Waals surface area contributed by atoms with E-state index in [9.17, 15) is 43.5 Å². The first-order valence-corrected chi connectivity index (χ1v) is 38.2. The van der Waals surface area contributed by atoms with E-state index in [1.807, 2.05) is 0 Å². The Morgan fingerprint density at radius 1 is 0.319 bits per heavy atom. The lowest BCUT2D eigenvalue weighted by Crippen LogP contribution is -2.30. The SMILES string of the molecule is CC/C=C\C/C=C\C/C=C\C/C=C\C/C=C\CCCCCCCC(=O)OCC(O)COP(=O)(O)OCC(O)COP(=O)(O)OCC(COC(=O)CCCCCCCC/C=C\C/C=C\C/C=C\CCCCC)OC(=O)CCCCCCC/C=C\CCCCCCCC. The quantitative estimate of drug-likeness (QED) is 0.0146. The van der Waals surface area contributed by atoms with Crippen molar-refractivity contribution >= 4 is 33.6 Å². The zero-order chi connectivity index (χ0) is 66.7. The predicted molar refractivity (Wildman–Crippen MR) is 371 cm³/mol. The molecule has 5 atom stereocenters. The number of hydrogen-bond donors (Lipinski definition) is 4. The summed E-state index contributed by atoms with van der Waals surface area (Å²) in [5.74, 6) is -1.62.